The average Bonchev–Trinajstić information content (AvgIpc) is 3.42. The quantitative estimate of drug-likeness (QED) is 0.321. The zero-order valence-corrected chi connectivity index (χ0v) is 16.8. The minimum absolute atomic E-state index is 0.116. The fraction of sp³-hybridized carbons (Fsp3) is 0. The summed E-state index contributed by atoms with van der Waals surface area (Å²) in [5, 5.41) is 20.8. The van der Waals surface area contributed by atoms with E-state index in [1.54, 1.807) is 24.3 Å². The van der Waals surface area contributed by atoms with Crippen molar-refractivity contribution in [3.63, 3.8) is 0 Å². The van der Waals surface area contributed by atoms with Gasteiger partial charge in [-0.05, 0) is 59.7 Å². The second kappa shape index (κ2) is 6.99. The molecule has 154 valence electrons. The summed E-state index contributed by atoms with van der Waals surface area (Å²) in [6, 6.07) is 25.8. The third-order valence-electron chi connectivity index (χ3n) is 5.50. The highest BCUT2D eigenvalue weighted by molar-refractivity contribution is 5.85. The van der Waals surface area contributed by atoms with Gasteiger partial charge in [0.05, 0.1) is 22.2 Å². The highest BCUT2D eigenvalue weighted by atomic mass is 16.3. The fourth-order valence-corrected chi connectivity index (χ4v) is 3.87. The van der Waals surface area contributed by atoms with Crippen LogP contribution in [0, 0.1) is 0 Å². The lowest BCUT2D eigenvalue weighted by Crippen LogP contribution is -1.84. The first-order valence-electron chi connectivity index (χ1n) is 10.1. The number of nitrogens with zero attached hydrogens (tertiary/aromatic N) is 2. The van der Waals surface area contributed by atoms with E-state index < -0.39 is 0 Å². The molecule has 4 aromatic carbocycles. The Morgan fingerprint density at radius 3 is 2.28 bits per heavy atom. The Kier molecular flexibility index (Phi) is 3.98. The second-order valence-electron chi connectivity index (χ2n) is 7.55. The molecule has 32 heavy (non-hydrogen) atoms. The molecule has 2 aromatic heterocycles. The zero-order chi connectivity index (χ0) is 21.7. The van der Waals surface area contributed by atoms with E-state index in [0.29, 0.717) is 33.9 Å². The summed E-state index contributed by atoms with van der Waals surface area (Å²) in [5.74, 6) is 1.23. The number of aromatic nitrogens is 3. The van der Waals surface area contributed by atoms with E-state index in [-0.39, 0.29) is 11.5 Å². The number of oxazole rings is 1. The van der Waals surface area contributed by atoms with Crippen LogP contribution in [-0.4, -0.2) is 25.2 Å². The minimum atomic E-state index is 0.116. The van der Waals surface area contributed by atoms with Crippen molar-refractivity contribution in [3.8, 4) is 45.5 Å². The van der Waals surface area contributed by atoms with Crippen LogP contribution in [0.1, 0.15) is 0 Å². The third-order valence-corrected chi connectivity index (χ3v) is 5.50. The van der Waals surface area contributed by atoms with Gasteiger partial charge in [0.1, 0.15) is 22.8 Å². The van der Waals surface area contributed by atoms with E-state index in [4.69, 9.17) is 4.42 Å². The maximum absolute atomic E-state index is 10.7. The van der Waals surface area contributed by atoms with Crippen LogP contribution in [0.2, 0.25) is 0 Å². The van der Waals surface area contributed by atoms with Crippen molar-refractivity contribution < 1.29 is 14.6 Å². The molecule has 6 aromatic rings. The Labute approximate surface area is 182 Å². The summed E-state index contributed by atoms with van der Waals surface area (Å²) in [7, 11) is 0. The van der Waals surface area contributed by atoms with Gasteiger partial charge in [-0.25, -0.2) is 9.97 Å². The summed E-state index contributed by atoms with van der Waals surface area (Å²) in [4.78, 5) is 12.4. The van der Waals surface area contributed by atoms with Crippen molar-refractivity contribution in [2.24, 2.45) is 0 Å². The molecule has 0 spiro atoms. The Morgan fingerprint density at radius 2 is 1.44 bits per heavy atom. The molecule has 0 amide bonds. The van der Waals surface area contributed by atoms with Crippen LogP contribution in [0.3, 0.4) is 0 Å². The highest BCUT2D eigenvalue weighted by Crippen LogP contribution is 2.35. The molecule has 0 fully saturated rings. The first kappa shape index (κ1) is 18.2. The molecule has 0 saturated heterocycles. The van der Waals surface area contributed by atoms with Crippen molar-refractivity contribution >= 4 is 22.1 Å². The number of phenols is 2. The smallest absolute Gasteiger partial charge is 0.231 e. The number of aromatic hydroxyl groups is 2. The third kappa shape index (κ3) is 2.97. The number of H-pyrrole nitrogens is 1. The standard InChI is InChI=1S/C26H17N3O3/c30-22-8-4-1-5-18(22)26-29-21-13-15(10-12-24(21)32-26)16-9-11-17(23(31)14-16)25-27-19-6-2-3-7-20(19)28-25/h1-14,30-31H,(H,27,28). The maximum atomic E-state index is 10.7. The number of benzene rings is 4. The van der Waals surface area contributed by atoms with E-state index in [1.807, 2.05) is 60.7 Å². The van der Waals surface area contributed by atoms with E-state index in [2.05, 4.69) is 15.0 Å². The van der Waals surface area contributed by atoms with E-state index in [1.165, 1.54) is 0 Å². The molecule has 6 rings (SSSR count). The maximum Gasteiger partial charge on any atom is 0.231 e. The molecule has 0 aliphatic rings. The van der Waals surface area contributed by atoms with Crippen LogP contribution in [0.4, 0.5) is 0 Å². The Morgan fingerprint density at radius 1 is 0.656 bits per heavy atom. The molecule has 0 radical (unpaired) electrons. The zero-order valence-electron chi connectivity index (χ0n) is 16.8. The first-order chi connectivity index (χ1) is 15.7. The topological polar surface area (TPSA) is 95.2 Å². The normalized spacial score (nSPS) is 11.4. The molecule has 0 atom stereocenters. The van der Waals surface area contributed by atoms with Gasteiger partial charge in [-0.15, -0.1) is 0 Å². The molecule has 2 heterocycles. The number of imidazole rings is 1. The van der Waals surface area contributed by atoms with Crippen LogP contribution in [0.5, 0.6) is 11.5 Å². The van der Waals surface area contributed by atoms with Gasteiger partial charge in [0.25, 0.3) is 0 Å². The van der Waals surface area contributed by atoms with Gasteiger partial charge in [-0.2, -0.15) is 0 Å². The lowest BCUT2D eigenvalue weighted by molar-refractivity contribution is 0.474. The van der Waals surface area contributed by atoms with Crippen molar-refractivity contribution in [1.82, 2.24) is 15.0 Å². The predicted octanol–water partition coefficient (Wildman–Crippen LogP) is 6.12. The van der Waals surface area contributed by atoms with Gasteiger partial charge in [0, 0.05) is 0 Å². The van der Waals surface area contributed by atoms with Gasteiger partial charge in [-0.3, -0.25) is 0 Å². The lowest BCUT2D eigenvalue weighted by Gasteiger charge is -2.06. The van der Waals surface area contributed by atoms with Gasteiger partial charge in [-0.1, -0.05) is 36.4 Å². The van der Waals surface area contributed by atoms with Crippen molar-refractivity contribution in [1.29, 1.82) is 0 Å². The molecule has 0 saturated carbocycles. The second-order valence-corrected chi connectivity index (χ2v) is 7.55. The first-order valence-corrected chi connectivity index (χ1v) is 10.1. The molecule has 0 aliphatic heterocycles. The number of nitrogens with one attached hydrogen (secondary N) is 1. The summed E-state index contributed by atoms with van der Waals surface area (Å²) >= 11 is 0. The van der Waals surface area contributed by atoms with E-state index in [9.17, 15) is 10.2 Å². The summed E-state index contributed by atoms with van der Waals surface area (Å²) in [6.45, 7) is 0. The number of para-hydroxylation sites is 3. The Bertz CT molecular complexity index is 1580. The number of aromatic amines is 1. The molecular formula is C26H17N3O3. The van der Waals surface area contributed by atoms with Gasteiger partial charge in [0.2, 0.25) is 5.89 Å². The SMILES string of the molecule is Oc1cc(-c2ccc3oc(-c4ccccc4O)nc3c2)ccc1-c1nc2ccccc2[nH]1. The van der Waals surface area contributed by atoms with Crippen LogP contribution in [0.15, 0.2) is 89.3 Å². The van der Waals surface area contributed by atoms with Gasteiger partial charge in [0.15, 0.2) is 5.58 Å². The summed E-state index contributed by atoms with van der Waals surface area (Å²) < 4.78 is 5.82. The Balaban J connectivity index is 1.38. The van der Waals surface area contributed by atoms with Gasteiger partial charge >= 0.3 is 0 Å². The predicted molar refractivity (Wildman–Crippen MR) is 123 cm³/mol. The average molecular weight is 419 g/mol. The fourth-order valence-electron chi connectivity index (χ4n) is 3.87. The molecule has 3 N–H and O–H groups in total. The van der Waals surface area contributed by atoms with Gasteiger partial charge < -0.3 is 19.6 Å². The molecule has 6 nitrogen and oxygen atoms in total. The number of hydrogen-bond donors (Lipinski definition) is 3. The van der Waals surface area contributed by atoms with Crippen LogP contribution in [-0.2, 0) is 0 Å². The van der Waals surface area contributed by atoms with Crippen LogP contribution >= 0.6 is 0 Å². The number of rotatable bonds is 3. The monoisotopic (exact) mass is 419 g/mol. The van der Waals surface area contributed by atoms with E-state index in [0.717, 1.165) is 22.2 Å². The van der Waals surface area contributed by atoms with E-state index >= 15 is 0 Å². The van der Waals surface area contributed by atoms with Crippen molar-refractivity contribution in [3.05, 3.63) is 84.9 Å². The Hall–Kier alpha value is -4.58. The summed E-state index contributed by atoms with van der Waals surface area (Å²) in [6.07, 6.45) is 0. The lowest BCUT2D eigenvalue weighted by atomic mass is 10.0. The van der Waals surface area contributed by atoms with Crippen LogP contribution < -0.4 is 0 Å². The summed E-state index contributed by atoms with van der Waals surface area (Å²) in [5.41, 5.74) is 5.96. The largest absolute Gasteiger partial charge is 0.507 e. The molecule has 0 unspecified atom stereocenters. The highest BCUT2D eigenvalue weighted by Gasteiger charge is 2.14. The number of hydrogen-bond acceptors (Lipinski definition) is 5. The minimum Gasteiger partial charge on any atom is -0.507 e. The molecule has 0 aliphatic carbocycles. The molecular weight excluding hydrogens is 402 g/mol. The number of phenolic OH excluding ortho intramolecular Hbond substituents is 2. The molecule has 6 heteroatoms. The van der Waals surface area contributed by atoms with Crippen LogP contribution in [0.25, 0.3) is 56.1 Å². The molecule has 0 bridgehead atoms. The van der Waals surface area contributed by atoms with Crippen molar-refractivity contribution in [2.45, 2.75) is 0 Å². The van der Waals surface area contributed by atoms with Crippen molar-refractivity contribution in [2.75, 3.05) is 0 Å². The number of fused-ring (bicyclic) bond motifs is 2.